The molecule has 0 aromatic heterocycles. The molecule has 0 aliphatic carbocycles. The van der Waals surface area contributed by atoms with E-state index in [2.05, 4.69) is 0 Å². The molecular formula is Ag2N3NaO9. The van der Waals surface area contributed by atoms with E-state index < -0.39 is 15.3 Å². The zero-order chi connectivity index (χ0) is 10.7. The zero-order valence-electron chi connectivity index (χ0n) is 6.62. The molecule has 0 atom stereocenters. The van der Waals surface area contributed by atoms with E-state index in [1.54, 1.807) is 0 Å². The summed E-state index contributed by atoms with van der Waals surface area (Å²) in [5, 5.41) is 44.2. The van der Waals surface area contributed by atoms with Crippen LogP contribution in [0.3, 0.4) is 0 Å². The molecule has 15 heteroatoms. The number of nitrogens with zero attached hydrogens (tertiary/aromatic N) is 3. The smallest absolute Gasteiger partial charge is 0.356 e. The van der Waals surface area contributed by atoms with Crippen LogP contribution in [0.4, 0.5) is 0 Å². The molecule has 0 unspecified atom stereocenters. The molecule has 0 rings (SSSR count). The van der Waals surface area contributed by atoms with Crippen LogP contribution in [0.1, 0.15) is 0 Å². The van der Waals surface area contributed by atoms with Crippen LogP contribution in [0, 0.1) is 46.0 Å². The third kappa shape index (κ3) is 317000. The molecule has 0 aliphatic heterocycles. The van der Waals surface area contributed by atoms with Crippen LogP contribution in [0.15, 0.2) is 0 Å². The Balaban J connectivity index is -0.0000000184. The van der Waals surface area contributed by atoms with Crippen molar-refractivity contribution in [3.63, 3.8) is 0 Å². The van der Waals surface area contributed by atoms with Gasteiger partial charge in [-0.2, -0.15) is 0 Å². The third-order valence-electron chi connectivity index (χ3n) is 0. The van der Waals surface area contributed by atoms with Gasteiger partial charge in [0.2, 0.25) is 0 Å². The summed E-state index contributed by atoms with van der Waals surface area (Å²) in [5.41, 5.74) is 0. The Morgan fingerprint density at radius 1 is 0.533 bits per heavy atom. The molecular weight excluding hydrogens is 425 g/mol. The van der Waals surface area contributed by atoms with Gasteiger partial charge in [0.1, 0.15) is 0 Å². The monoisotopic (exact) mass is 423 g/mol. The summed E-state index contributed by atoms with van der Waals surface area (Å²) in [4.78, 5) is 24.8. The van der Waals surface area contributed by atoms with Gasteiger partial charge in [-0.05, 0) is 0 Å². The molecule has 0 saturated carbocycles. The molecule has 0 N–H and O–H groups in total. The fourth-order valence-corrected chi connectivity index (χ4v) is 0. The van der Waals surface area contributed by atoms with Gasteiger partial charge in [0.15, 0.2) is 0 Å². The molecule has 92 valence electrons. The minimum atomic E-state index is -1.75. The maximum atomic E-state index is 8.25. The standard InChI is InChI=1S/2Ag.3NO3.Na/c;;3*2-1(3)4;/q2*+1;3*-1;+1. The van der Waals surface area contributed by atoms with E-state index in [-0.39, 0.29) is 74.3 Å². The fourth-order valence-electron chi connectivity index (χ4n) is 0. The largest absolute Gasteiger partial charge is 1.00 e. The van der Waals surface area contributed by atoms with Crippen molar-refractivity contribution in [3.05, 3.63) is 46.0 Å². The molecule has 0 spiro atoms. The van der Waals surface area contributed by atoms with E-state index >= 15 is 0 Å². The van der Waals surface area contributed by atoms with Crippen LogP contribution in [-0.2, 0) is 44.8 Å². The molecule has 0 radical (unpaired) electrons. The van der Waals surface area contributed by atoms with Crippen LogP contribution in [0.5, 0.6) is 0 Å². The summed E-state index contributed by atoms with van der Waals surface area (Å²) >= 11 is 0. The Labute approximate surface area is 134 Å². The quantitative estimate of drug-likeness (QED) is 0.213. The predicted molar refractivity (Wildman–Crippen MR) is 31.1 cm³/mol. The summed E-state index contributed by atoms with van der Waals surface area (Å²) in [7, 11) is 0. The summed E-state index contributed by atoms with van der Waals surface area (Å²) in [6, 6.07) is 0. The van der Waals surface area contributed by atoms with Crippen molar-refractivity contribution in [2.24, 2.45) is 0 Å². The van der Waals surface area contributed by atoms with Crippen LogP contribution in [-0.4, -0.2) is 15.3 Å². The third-order valence-corrected chi connectivity index (χ3v) is 0. The normalized spacial score (nSPS) is 4.80. The number of hydrogen-bond acceptors (Lipinski definition) is 9. The Morgan fingerprint density at radius 2 is 0.533 bits per heavy atom. The van der Waals surface area contributed by atoms with E-state index in [4.69, 9.17) is 46.0 Å². The van der Waals surface area contributed by atoms with E-state index in [0.29, 0.717) is 0 Å². The van der Waals surface area contributed by atoms with Crippen LogP contribution < -0.4 is 29.6 Å². The first-order chi connectivity index (χ1) is 5.20. The fraction of sp³-hybridized carbons (Fsp3) is 0. The Bertz CT molecular complexity index is 121. The van der Waals surface area contributed by atoms with Crippen molar-refractivity contribution < 1.29 is 89.6 Å². The van der Waals surface area contributed by atoms with E-state index in [1.165, 1.54) is 0 Å². The van der Waals surface area contributed by atoms with E-state index in [0.717, 1.165) is 0 Å². The first kappa shape index (κ1) is 36.3. The predicted octanol–water partition coefficient (Wildman–Crippen LogP) is -3.72. The zero-order valence-corrected chi connectivity index (χ0v) is 11.6. The Morgan fingerprint density at radius 3 is 0.533 bits per heavy atom. The maximum absolute atomic E-state index is 8.25. The molecule has 0 saturated heterocycles. The molecule has 0 aromatic rings. The van der Waals surface area contributed by atoms with Crippen LogP contribution >= 0.6 is 0 Å². The van der Waals surface area contributed by atoms with Gasteiger partial charge in [0, 0.05) is 0 Å². The first-order valence-electron chi connectivity index (χ1n) is 1.64. The molecule has 0 aromatic carbocycles. The minimum Gasteiger partial charge on any atom is -0.356 e. The topological polar surface area (TPSA) is 199 Å². The Hall–Kier alpha value is 0.0805. The van der Waals surface area contributed by atoms with Gasteiger partial charge in [-0.15, -0.1) is 0 Å². The molecule has 0 fully saturated rings. The van der Waals surface area contributed by atoms with Crippen molar-refractivity contribution in [2.45, 2.75) is 0 Å². The van der Waals surface area contributed by atoms with Gasteiger partial charge in [-0.25, -0.2) is 0 Å². The molecule has 12 nitrogen and oxygen atoms in total. The van der Waals surface area contributed by atoms with E-state index in [9.17, 15) is 0 Å². The summed E-state index contributed by atoms with van der Waals surface area (Å²) in [6.45, 7) is 0. The average molecular weight is 425 g/mol. The molecule has 0 heterocycles. The van der Waals surface area contributed by atoms with Gasteiger partial charge >= 0.3 is 74.3 Å². The van der Waals surface area contributed by atoms with Gasteiger partial charge in [-0.1, -0.05) is 0 Å². The van der Waals surface area contributed by atoms with Gasteiger partial charge in [0.25, 0.3) is 0 Å². The van der Waals surface area contributed by atoms with Gasteiger partial charge in [0.05, 0.1) is 15.3 Å². The molecule has 0 bridgehead atoms. The first-order valence-corrected chi connectivity index (χ1v) is 1.64. The van der Waals surface area contributed by atoms with Crippen LogP contribution in [0.25, 0.3) is 0 Å². The number of hydrogen-bond donors (Lipinski definition) is 0. The van der Waals surface area contributed by atoms with Crippen molar-refractivity contribution in [2.75, 3.05) is 0 Å². The van der Waals surface area contributed by atoms with Crippen molar-refractivity contribution in [1.82, 2.24) is 0 Å². The maximum Gasteiger partial charge on any atom is 1.00 e. The van der Waals surface area contributed by atoms with Crippen molar-refractivity contribution in [1.29, 1.82) is 0 Å². The van der Waals surface area contributed by atoms with Gasteiger partial charge in [-0.3, -0.25) is 0 Å². The van der Waals surface area contributed by atoms with Gasteiger partial charge < -0.3 is 46.0 Å². The summed E-state index contributed by atoms with van der Waals surface area (Å²) in [5.74, 6) is 0. The average Bonchev–Trinajstić information content (AvgIpc) is 1.54. The minimum absolute atomic E-state index is 0. The number of rotatable bonds is 0. The molecule has 0 aliphatic rings. The second-order valence-corrected chi connectivity index (χ2v) is 0.671. The van der Waals surface area contributed by atoms with E-state index in [1.807, 2.05) is 0 Å². The second kappa shape index (κ2) is 29.2. The van der Waals surface area contributed by atoms with Crippen LogP contribution in [0.2, 0.25) is 0 Å². The second-order valence-electron chi connectivity index (χ2n) is 0.671. The SMILES string of the molecule is O=[N+]([O-])[O-].O=[N+]([O-])[O-].O=[N+]([O-])[O-].[Ag+].[Ag+].[Na+]. The molecule has 0 amide bonds. The molecule has 15 heavy (non-hydrogen) atoms. The van der Waals surface area contributed by atoms with Crippen molar-refractivity contribution >= 4 is 0 Å². The summed E-state index contributed by atoms with van der Waals surface area (Å²) < 4.78 is 0. The Kier molecular flexibility index (Phi) is 70.6. The summed E-state index contributed by atoms with van der Waals surface area (Å²) in [6.07, 6.45) is 0. The van der Waals surface area contributed by atoms with Crippen molar-refractivity contribution in [3.8, 4) is 0 Å².